The Morgan fingerprint density at radius 1 is 1.29 bits per heavy atom. The number of hydrogen-bond donors (Lipinski definition) is 1. The van der Waals surface area contributed by atoms with Gasteiger partial charge in [0.05, 0.1) is 18.0 Å². The van der Waals surface area contributed by atoms with Gasteiger partial charge in [0.2, 0.25) is 0 Å². The van der Waals surface area contributed by atoms with Crippen molar-refractivity contribution in [2.75, 3.05) is 11.4 Å². The molecule has 5 nitrogen and oxygen atoms in total. The minimum Gasteiger partial charge on any atom is -0.459 e. The number of carbonyl (C=O) groups excluding carboxylic acids is 2. The van der Waals surface area contributed by atoms with Gasteiger partial charge in [-0.1, -0.05) is 31.2 Å². The van der Waals surface area contributed by atoms with E-state index in [2.05, 4.69) is 0 Å². The highest BCUT2D eigenvalue weighted by Crippen LogP contribution is 2.32. The van der Waals surface area contributed by atoms with E-state index >= 15 is 0 Å². The van der Waals surface area contributed by atoms with Gasteiger partial charge < -0.3 is 15.4 Å². The van der Waals surface area contributed by atoms with Crippen molar-refractivity contribution in [1.82, 2.24) is 0 Å². The highest BCUT2D eigenvalue weighted by Gasteiger charge is 2.33. The normalized spacial score (nSPS) is 17.9. The molecule has 1 aromatic carbocycles. The summed E-state index contributed by atoms with van der Waals surface area (Å²) in [4.78, 5) is 27.0. The molecule has 1 atom stereocenters. The van der Waals surface area contributed by atoms with Gasteiger partial charge in [0.1, 0.15) is 5.60 Å². The molecular formula is C23H28N2O3. The summed E-state index contributed by atoms with van der Waals surface area (Å²) in [5.41, 5.74) is 9.32. The lowest BCUT2D eigenvalue weighted by molar-refractivity contribution is -0.158. The van der Waals surface area contributed by atoms with Crippen molar-refractivity contribution in [2.45, 2.75) is 52.1 Å². The van der Waals surface area contributed by atoms with Gasteiger partial charge in [0.15, 0.2) is 0 Å². The lowest BCUT2D eigenvalue weighted by atomic mass is 10.00. The average Bonchev–Trinajstić information content (AvgIpc) is 2.88. The first kappa shape index (κ1) is 19.9. The maximum absolute atomic E-state index is 12.9. The van der Waals surface area contributed by atoms with Gasteiger partial charge in [-0.05, 0) is 63.0 Å². The van der Waals surface area contributed by atoms with E-state index in [1.807, 2.05) is 64.1 Å². The highest BCUT2D eigenvalue weighted by molar-refractivity contribution is 6.13. The number of hydrogen-bond acceptors (Lipinski definition) is 4. The third kappa shape index (κ3) is 3.88. The van der Waals surface area contributed by atoms with Gasteiger partial charge in [-0.2, -0.15) is 0 Å². The van der Waals surface area contributed by atoms with E-state index in [4.69, 9.17) is 10.5 Å². The zero-order valence-corrected chi connectivity index (χ0v) is 17.0. The van der Waals surface area contributed by atoms with Crippen LogP contribution in [0.15, 0.2) is 59.3 Å². The maximum atomic E-state index is 12.9. The topological polar surface area (TPSA) is 72.6 Å². The van der Waals surface area contributed by atoms with E-state index in [-0.39, 0.29) is 17.8 Å². The molecule has 1 aliphatic heterocycles. The molecule has 1 unspecified atom stereocenters. The molecule has 0 spiro atoms. The lowest BCUT2D eigenvalue weighted by Gasteiger charge is -2.25. The number of nitrogens with two attached hydrogens (primary N) is 1. The Morgan fingerprint density at radius 3 is 2.61 bits per heavy atom. The van der Waals surface area contributed by atoms with Crippen molar-refractivity contribution in [3.05, 3.63) is 64.9 Å². The van der Waals surface area contributed by atoms with Crippen LogP contribution in [0.25, 0.3) is 0 Å². The monoisotopic (exact) mass is 380 g/mol. The molecule has 2 aliphatic rings. The Balaban J connectivity index is 1.77. The minimum atomic E-state index is -0.474. The molecule has 1 fully saturated rings. The fraction of sp³-hybridized carbons (Fsp3) is 0.391. The van der Waals surface area contributed by atoms with Crippen molar-refractivity contribution < 1.29 is 14.3 Å². The van der Waals surface area contributed by atoms with Crippen molar-refractivity contribution in [2.24, 2.45) is 5.73 Å². The van der Waals surface area contributed by atoms with Crippen LogP contribution < -0.4 is 10.6 Å². The molecule has 28 heavy (non-hydrogen) atoms. The second kappa shape index (κ2) is 7.66. The second-order valence-corrected chi connectivity index (χ2v) is 7.94. The van der Waals surface area contributed by atoms with Crippen LogP contribution in [-0.4, -0.2) is 24.0 Å². The Bertz CT molecular complexity index is 876. The number of amides is 1. The first-order valence-electron chi connectivity index (χ1n) is 9.74. The van der Waals surface area contributed by atoms with Crippen LogP contribution >= 0.6 is 0 Å². The van der Waals surface area contributed by atoms with Crippen molar-refractivity contribution in [3.63, 3.8) is 0 Å². The molecule has 1 aliphatic carbocycles. The quantitative estimate of drug-likeness (QED) is 0.785. The summed E-state index contributed by atoms with van der Waals surface area (Å²) in [6.07, 6.45) is 7.33. The summed E-state index contributed by atoms with van der Waals surface area (Å²) in [6, 6.07) is 7.52. The third-order valence-corrected chi connectivity index (χ3v) is 5.48. The Labute approximate surface area is 166 Å². The average molecular weight is 380 g/mol. The summed E-state index contributed by atoms with van der Waals surface area (Å²) in [7, 11) is 0. The number of rotatable bonds is 5. The van der Waals surface area contributed by atoms with Crippen molar-refractivity contribution >= 4 is 17.6 Å². The van der Waals surface area contributed by atoms with Crippen LogP contribution in [-0.2, 0) is 14.3 Å². The summed E-state index contributed by atoms with van der Waals surface area (Å²) < 4.78 is 5.60. The fourth-order valence-electron chi connectivity index (χ4n) is 3.28. The number of nitrogens with zero attached hydrogens (tertiary/aromatic N) is 1. The van der Waals surface area contributed by atoms with E-state index in [9.17, 15) is 9.59 Å². The molecule has 1 amide bonds. The Morgan fingerprint density at radius 2 is 1.96 bits per heavy atom. The summed E-state index contributed by atoms with van der Waals surface area (Å²) in [5, 5.41) is 0. The number of carbonyl (C=O) groups is 2. The van der Waals surface area contributed by atoms with Crippen LogP contribution in [0.5, 0.6) is 0 Å². The van der Waals surface area contributed by atoms with E-state index in [0.717, 1.165) is 29.7 Å². The fourth-order valence-corrected chi connectivity index (χ4v) is 3.28. The van der Waals surface area contributed by atoms with Crippen molar-refractivity contribution in [1.29, 1.82) is 0 Å². The van der Waals surface area contributed by atoms with Gasteiger partial charge in [0.25, 0.3) is 5.91 Å². The van der Waals surface area contributed by atoms with Gasteiger partial charge in [0, 0.05) is 11.4 Å². The second-order valence-electron chi connectivity index (χ2n) is 7.94. The number of allylic oxidation sites excluding steroid dienone is 3. The number of ether oxygens (including phenoxy) is 1. The van der Waals surface area contributed by atoms with Gasteiger partial charge in [-0.15, -0.1) is 0 Å². The molecule has 2 N–H and O–H groups in total. The Kier molecular flexibility index (Phi) is 5.45. The third-order valence-electron chi connectivity index (χ3n) is 5.48. The van der Waals surface area contributed by atoms with E-state index in [1.165, 1.54) is 0 Å². The predicted octanol–water partition coefficient (Wildman–Crippen LogP) is 3.97. The number of fused-ring (bicyclic) bond motifs is 1. The summed E-state index contributed by atoms with van der Waals surface area (Å²) >= 11 is 0. The maximum Gasteiger partial charge on any atom is 0.313 e. The molecule has 0 bridgehead atoms. The van der Waals surface area contributed by atoms with Gasteiger partial charge >= 0.3 is 5.97 Å². The molecule has 0 saturated carbocycles. The zero-order valence-electron chi connectivity index (χ0n) is 17.0. The van der Waals surface area contributed by atoms with Crippen LogP contribution in [0.3, 0.4) is 0 Å². The molecule has 3 rings (SSSR count). The first-order chi connectivity index (χ1) is 13.2. The predicted molar refractivity (Wildman–Crippen MR) is 111 cm³/mol. The largest absolute Gasteiger partial charge is 0.459 e. The summed E-state index contributed by atoms with van der Waals surface area (Å²) in [5.74, 6) is -0.694. The minimum absolute atomic E-state index is 0.0831. The molecule has 148 valence electrons. The standard InChI is InChI=1S/C23H28N2O3/c1-5-23(3,4)28-22(27)15(2)16-10-12-18(13-11-16)25-14-17-8-6-7-9-19(24)20(17)21(25)26/h7-13,15H,5-6,14,24H2,1-4H3. The molecule has 5 heteroatoms. The zero-order chi connectivity index (χ0) is 20.5. The van der Waals surface area contributed by atoms with E-state index in [1.54, 1.807) is 11.0 Å². The SMILES string of the molecule is CCC(C)(C)OC(=O)C(C)c1ccc(N2CC3=CCC=CC(N)=C3C2=O)cc1. The number of benzene rings is 1. The molecule has 0 radical (unpaired) electrons. The van der Waals surface area contributed by atoms with Gasteiger partial charge in [-0.3, -0.25) is 9.59 Å². The van der Waals surface area contributed by atoms with Crippen LogP contribution in [0.1, 0.15) is 52.0 Å². The van der Waals surface area contributed by atoms with Crippen molar-refractivity contribution in [3.8, 4) is 0 Å². The lowest BCUT2D eigenvalue weighted by Crippen LogP contribution is -2.29. The molecule has 1 heterocycles. The smallest absolute Gasteiger partial charge is 0.313 e. The van der Waals surface area contributed by atoms with E-state index < -0.39 is 5.60 Å². The van der Waals surface area contributed by atoms with Crippen LogP contribution in [0.4, 0.5) is 5.69 Å². The number of anilines is 1. The van der Waals surface area contributed by atoms with E-state index in [0.29, 0.717) is 17.8 Å². The Hall–Kier alpha value is -2.82. The molecule has 1 saturated heterocycles. The van der Waals surface area contributed by atoms with Gasteiger partial charge in [-0.25, -0.2) is 0 Å². The van der Waals surface area contributed by atoms with Crippen LogP contribution in [0, 0.1) is 0 Å². The molecular weight excluding hydrogens is 352 g/mol. The highest BCUT2D eigenvalue weighted by atomic mass is 16.6. The molecule has 0 aromatic heterocycles. The summed E-state index contributed by atoms with van der Waals surface area (Å²) in [6.45, 7) is 8.16. The van der Waals surface area contributed by atoms with Crippen LogP contribution in [0.2, 0.25) is 0 Å². The first-order valence-corrected chi connectivity index (χ1v) is 9.74. The molecule has 1 aromatic rings. The number of esters is 1.